The SMILES string of the molecule is c1ccc(-c2nc(-c3ccc(-c4ccc(-c5c6ccccc6cc6c5ccc5ccccc56)cc4)cc3)cc(-c3ccccc3-c3ccc4sc5ccccc5c4c3)n2)cc1. The van der Waals surface area contributed by atoms with E-state index in [1.165, 1.54) is 74.7 Å². The average molecular weight is 793 g/mol. The number of thiophene rings is 1. The number of rotatable bonds is 6. The quantitative estimate of drug-likeness (QED) is 0.124. The van der Waals surface area contributed by atoms with Crippen molar-refractivity contribution in [3.05, 3.63) is 218 Å². The van der Waals surface area contributed by atoms with Crippen LogP contribution < -0.4 is 0 Å². The largest absolute Gasteiger partial charge is 0.228 e. The first-order valence-electron chi connectivity index (χ1n) is 20.7. The Labute approximate surface area is 357 Å². The maximum absolute atomic E-state index is 5.23. The Hall–Kier alpha value is -7.72. The molecular formula is C58H36N2S. The fraction of sp³-hybridized carbons (Fsp3) is 0. The zero-order chi connectivity index (χ0) is 40.3. The lowest BCUT2D eigenvalue weighted by molar-refractivity contribution is 1.18. The van der Waals surface area contributed by atoms with E-state index in [-0.39, 0.29) is 0 Å². The highest BCUT2D eigenvalue weighted by Gasteiger charge is 2.17. The van der Waals surface area contributed by atoms with E-state index in [0.29, 0.717) is 5.82 Å². The molecule has 12 rings (SSSR count). The van der Waals surface area contributed by atoms with Crippen LogP contribution in [-0.4, -0.2) is 9.97 Å². The first kappa shape index (κ1) is 35.2. The van der Waals surface area contributed by atoms with Crippen LogP contribution in [0, 0.1) is 0 Å². The molecule has 3 heteroatoms. The van der Waals surface area contributed by atoms with E-state index in [1.54, 1.807) is 0 Å². The van der Waals surface area contributed by atoms with Crippen LogP contribution in [0.3, 0.4) is 0 Å². The molecule has 0 atom stereocenters. The highest BCUT2D eigenvalue weighted by Crippen LogP contribution is 2.42. The number of fused-ring (bicyclic) bond motifs is 7. The van der Waals surface area contributed by atoms with Crippen LogP contribution in [0.5, 0.6) is 0 Å². The zero-order valence-corrected chi connectivity index (χ0v) is 33.9. The van der Waals surface area contributed by atoms with Gasteiger partial charge in [0.1, 0.15) is 0 Å². The Balaban J connectivity index is 0.922. The molecule has 0 spiro atoms. The Morgan fingerprint density at radius 2 is 0.869 bits per heavy atom. The minimum atomic E-state index is 0.704. The third kappa shape index (κ3) is 6.18. The third-order valence-corrected chi connectivity index (χ3v) is 13.3. The summed E-state index contributed by atoms with van der Waals surface area (Å²) in [4.78, 5) is 10.4. The van der Waals surface area contributed by atoms with Gasteiger partial charge in [-0.2, -0.15) is 0 Å². The van der Waals surface area contributed by atoms with Gasteiger partial charge in [-0.15, -0.1) is 11.3 Å². The van der Waals surface area contributed by atoms with Crippen molar-refractivity contribution in [2.45, 2.75) is 0 Å². The van der Waals surface area contributed by atoms with Crippen molar-refractivity contribution in [3.8, 4) is 67.3 Å². The molecule has 0 N–H and O–H groups in total. The van der Waals surface area contributed by atoms with Gasteiger partial charge in [0.05, 0.1) is 11.4 Å². The van der Waals surface area contributed by atoms with E-state index in [2.05, 4.69) is 200 Å². The summed E-state index contributed by atoms with van der Waals surface area (Å²) >= 11 is 1.84. The molecule has 0 aliphatic heterocycles. The monoisotopic (exact) mass is 792 g/mol. The fourth-order valence-electron chi connectivity index (χ4n) is 9.10. The molecule has 0 aliphatic rings. The molecule has 0 amide bonds. The molecule has 10 aromatic carbocycles. The summed E-state index contributed by atoms with van der Waals surface area (Å²) in [6.45, 7) is 0. The predicted molar refractivity (Wildman–Crippen MR) is 260 cm³/mol. The lowest BCUT2D eigenvalue weighted by Crippen LogP contribution is -1.97. The standard InChI is InChI=1S/C58H36N2S/c1-2-13-42(14-3-1)58-59-53(36-54(60-58)48-19-9-8-17-46(48)44-31-33-56-52(35-44)49-20-10-11-21-55(49)61-56)40-26-22-37(23-27-40)38-24-28-41(29-25-38)57-47-18-7-5-15-43(47)34-51-45-16-6-4-12-39(45)30-32-50(51)57/h1-36H. The van der Waals surface area contributed by atoms with Gasteiger partial charge in [0.25, 0.3) is 0 Å². The van der Waals surface area contributed by atoms with Crippen LogP contribution in [0.4, 0.5) is 0 Å². The summed E-state index contributed by atoms with van der Waals surface area (Å²) in [5, 5.41) is 10.2. The molecule has 0 saturated heterocycles. The lowest BCUT2D eigenvalue weighted by atomic mass is 9.89. The van der Waals surface area contributed by atoms with Gasteiger partial charge in [0.15, 0.2) is 5.82 Å². The maximum atomic E-state index is 5.23. The summed E-state index contributed by atoms with van der Waals surface area (Å²) in [5.41, 5.74) is 12.0. The molecule has 284 valence electrons. The average Bonchev–Trinajstić information content (AvgIpc) is 3.71. The molecule has 2 aromatic heterocycles. The second-order valence-corrected chi connectivity index (χ2v) is 16.8. The number of nitrogens with zero attached hydrogens (tertiary/aromatic N) is 2. The number of aromatic nitrogens is 2. The van der Waals surface area contributed by atoms with Crippen molar-refractivity contribution in [2.24, 2.45) is 0 Å². The first-order valence-corrected chi connectivity index (χ1v) is 21.5. The molecule has 0 radical (unpaired) electrons. The molecule has 0 unspecified atom stereocenters. The van der Waals surface area contributed by atoms with E-state index in [0.717, 1.165) is 39.2 Å². The van der Waals surface area contributed by atoms with Crippen LogP contribution in [0.25, 0.3) is 120 Å². The predicted octanol–water partition coefficient (Wildman–Crippen LogP) is 16.3. The van der Waals surface area contributed by atoms with Gasteiger partial charge in [0, 0.05) is 36.9 Å². The van der Waals surface area contributed by atoms with Gasteiger partial charge >= 0.3 is 0 Å². The van der Waals surface area contributed by atoms with Crippen molar-refractivity contribution in [1.82, 2.24) is 9.97 Å². The normalized spacial score (nSPS) is 11.6. The molecular weight excluding hydrogens is 757 g/mol. The summed E-state index contributed by atoms with van der Waals surface area (Å²) in [6, 6.07) is 78.7. The van der Waals surface area contributed by atoms with Crippen molar-refractivity contribution in [3.63, 3.8) is 0 Å². The Morgan fingerprint density at radius 3 is 1.67 bits per heavy atom. The lowest BCUT2D eigenvalue weighted by Gasteiger charge is -2.15. The van der Waals surface area contributed by atoms with Gasteiger partial charge in [-0.1, -0.05) is 188 Å². The number of hydrogen-bond acceptors (Lipinski definition) is 3. The van der Waals surface area contributed by atoms with Gasteiger partial charge in [0.2, 0.25) is 0 Å². The van der Waals surface area contributed by atoms with Gasteiger partial charge < -0.3 is 0 Å². The summed E-state index contributed by atoms with van der Waals surface area (Å²) in [7, 11) is 0. The number of hydrogen-bond donors (Lipinski definition) is 0. The molecule has 2 heterocycles. The van der Waals surface area contributed by atoms with Crippen molar-refractivity contribution >= 4 is 63.8 Å². The molecule has 0 fully saturated rings. The Morgan fingerprint density at radius 1 is 0.279 bits per heavy atom. The molecule has 0 saturated carbocycles. The van der Waals surface area contributed by atoms with Gasteiger partial charge in [-0.3, -0.25) is 0 Å². The summed E-state index contributed by atoms with van der Waals surface area (Å²) in [5.74, 6) is 0.704. The van der Waals surface area contributed by atoms with Crippen molar-refractivity contribution in [1.29, 1.82) is 0 Å². The van der Waals surface area contributed by atoms with Gasteiger partial charge in [-0.05, 0) is 96.0 Å². The molecule has 2 nitrogen and oxygen atoms in total. The minimum Gasteiger partial charge on any atom is -0.228 e. The minimum absolute atomic E-state index is 0.704. The van der Waals surface area contributed by atoms with E-state index >= 15 is 0 Å². The van der Waals surface area contributed by atoms with Crippen molar-refractivity contribution < 1.29 is 0 Å². The first-order chi connectivity index (χ1) is 30.2. The smallest absolute Gasteiger partial charge is 0.160 e. The van der Waals surface area contributed by atoms with E-state index in [4.69, 9.17) is 9.97 Å². The van der Waals surface area contributed by atoms with E-state index < -0.39 is 0 Å². The maximum Gasteiger partial charge on any atom is 0.160 e. The fourth-order valence-corrected chi connectivity index (χ4v) is 10.2. The molecule has 0 bridgehead atoms. The summed E-state index contributed by atoms with van der Waals surface area (Å²) < 4.78 is 2.60. The Bertz CT molecular complexity index is 3620. The van der Waals surface area contributed by atoms with Crippen LogP contribution >= 0.6 is 11.3 Å². The second-order valence-electron chi connectivity index (χ2n) is 15.7. The van der Waals surface area contributed by atoms with Gasteiger partial charge in [-0.25, -0.2) is 9.97 Å². The molecule has 12 aromatic rings. The Kier molecular flexibility index (Phi) is 8.39. The third-order valence-electron chi connectivity index (χ3n) is 12.1. The van der Waals surface area contributed by atoms with Crippen LogP contribution in [-0.2, 0) is 0 Å². The molecule has 0 aliphatic carbocycles. The van der Waals surface area contributed by atoms with Crippen molar-refractivity contribution in [2.75, 3.05) is 0 Å². The van der Waals surface area contributed by atoms with Crippen LogP contribution in [0.2, 0.25) is 0 Å². The molecule has 61 heavy (non-hydrogen) atoms. The highest BCUT2D eigenvalue weighted by atomic mass is 32.1. The van der Waals surface area contributed by atoms with E-state index in [1.807, 2.05) is 29.5 Å². The van der Waals surface area contributed by atoms with Crippen LogP contribution in [0.1, 0.15) is 0 Å². The highest BCUT2D eigenvalue weighted by molar-refractivity contribution is 7.25. The number of benzene rings is 10. The van der Waals surface area contributed by atoms with Crippen LogP contribution in [0.15, 0.2) is 218 Å². The van der Waals surface area contributed by atoms with E-state index in [9.17, 15) is 0 Å². The summed E-state index contributed by atoms with van der Waals surface area (Å²) in [6.07, 6.45) is 0. The second kappa shape index (κ2) is 14.5. The zero-order valence-electron chi connectivity index (χ0n) is 33.1. The topological polar surface area (TPSA) is 25.8 Å².